The Morgan fingerprint density at radius 3 is 2.33 bits per heavy atom. The Hall–Kier alpha value is -3.48. The summed E-state index contributed by atoms with van der Waals surface area (Å²) in [7, 11) is 2.15. The molecule has 2 heterocycles. The molecule has 0 aromatic heterocycles. The van der Waals surface area contributed by atoms with Crippen molar-refractivity contribution >= 4 is 17.2 Å². The summed E-state index contributed by atoms with van der Waals surface area (Å²) in [6.45, 7) is 7.15. The second kappa shape index (κ2) is 10.2. The Bertz CT molecular complexity index is 1290. The molecule has 0 amide bonds. The lowest BCUT2D eigenvalue weighted by atomic mass is 9.86. The predicted octanol–water partition coefficient (Wildman–Crippen LogP) is 6.00. The largest absolute Gasteiger partial charge is 0.508 e. The molecule has 3 aromatic carbocycles. The molecule has 4 nitrogen and oxygen atoms in total. The fourth-order valence-corrected chi connectivity index (χ4v) is 4.90. The van der Waals surface area contributed by atoms with Gasteiger partial charge in [-0.05, 0) is 66.6 Å². The maximum atomic E-state index is 14.2. The number of phenolic OH excluding ortho intramolecular Hbond substituents is 1. The number of rotatable bonds is 5. The van der Waals surface area contributed by atoms with E-state index in [0.29, 0.717) is 22.4 Å². The number of piperazine rings is 1. The smallest absolute Gasteiger partial charge is 0.150 e. The average molecular weight is 489 g/mol. The number of phenols is 1. The highest BCUT2D eigenvalue weighted by atomic mass is 19.1. The second-order valence-corrected chi connectivity index (χ2v) is 9.55. The van der Waals surface area contributed by atoms with Crippen molar-refractivity contribution in [2.24, 2.45) is 0 Å². The Labute approximate surface area is 210 Å². The Morgan fingerprint density at radius 2 is 1.64 bits per heavy atom. The lowest BCUT2D eigenvalue weighted by Gasteiger charge is -2.31. The van der Waals surface area contributed by atoms with Crippen LogP contribution < -0.4 is 4.74 Å². The first-order chi connectivity index (χ1) is 17.4. The maximum absolute atomic E-state index is 14.2. The summed E-state index contributed by atoms with van der Waals surface area (Å²) in [5.41, 5.74) is 4.55. The standard InChI is InChI=1S/C30H30F2N2O2/c1-20-27-19-26(35)9-10-28(27)36-30(29(20)23-16-24(31)18-25(32)17-23)22-7-5-21(6-8-22)4-3-11-34-14-12-33(2)13-15-34/h3-10,16-19,30,35H,11-15H2,1-2H3/b4-3-. The van der Waals surface area contributed by atoms with Crippen LogP contribution >= 0.6 is 0 Å². The summed E-state index contributed by atoms with van der Waals surface area (Å²) in [6, 6.07) is 16.5. The van der Waals surface area contributed by atoms with Crippen LogP contribution in [0, 0.1) is 11.6 Å². The van der Waals surface area contributed by atoms with E-state index >= 15 is 0 Å². The molecule has 3 aromatic rings. The van der Waals surface area contributed by atoms with E-state index in [4.69, 9.17) is 4.74 Å². The van der Waals surface area contributed by atoms with Crippen molar-refractivity contribution in [3.63, 3.8) is 0 Å². The molecule has 0 spiro atoms. The number of allylic oxidation sites excluding steroid dienone is 1. The Kier molecular flexibility index (Phi) is 6.90. The molecule has 2 aliphatic rings. The molecule has 0 saturated carbocycles. The topological polar surface area (TPSA) is 35.9 Å². The number of likely N-dealkylation sites (N-methyl/N-ethyl adjacent to an activating group) is 1. The zero-order chi connectivity index (χ0) is 25.2. The summed E-state index contributed by atoms with van der Waals surface area (Å²) in [4.78, 5) is 4.78. The minimum absolute atomic E-state index is 0.104. The molecule has 1 saturated heterocycles. The highest BCUT2D eigenvalue weighted by Gasteiger charge is 2.30. The van der Waals surface area contributed by atoms with Crippen LogP contribution in [-0.2, 0) is 0 Å². The number of halogens is 2. The molecule has 0 bridgehead atoms. The summed E-state index contributed by atoms with van der Waals surface area (Å²) < 4.78 is 34.7. The van der Waals surface area contributed by atoms with Crippen molar-refractivity contribution in [3.8, 4) is 11.5 Å². The van der Waals surface area contributed by atoms with Gasteiger partial charge in [0, 0.05) is 49.9 Å². The third kappa shape index (κ3) is 5.20. The van der Waals surface area contributed by atoms with Gasteiger partial charge in [0.25, 0.3) is 0 Å². The van der Waals surface area contributed by atoms with Gasteiger partial charge in [-0.15, -0.1) is 0 Å². The molecule has 0 radical (unpaired) electrons. The fraction of sp³-hybridized carbons (Fsp3) is 0.267. The summed E-state index contributed by atoms with van der Waals surface area (Å²) in [5.74, 6) is -0.571. The molecular formula is C30H30F2N2O2. The summed E-state index contributed by atoms with van der Waals surface area (Å²) in [5, 5.41) is 10.0. The second-order valence-electron chi connectivity index (χ2n) is 9.55. The fourth-order valence-electron chi connectivity index (χ4n) is 4.90. The average Bonchev–Trinajstić information content (AvgIpc) is 2.85. The minimum atomic E-state index is -0.647. The number of benzene rings is 3. The van der Waals surface area contributed by atoms with E-state index in [2.05, 4.69) is 29.0 Å². The van der Waals surface area contributed by atoms with Crippen LogP contribution in [0.2, 0.25) is 0 Å². The number of hydrogen-bond donors (Lipinski definition) is 1. The van der Waals surface area contributed by atoms with Crippen molar-refractivity contribution in [2.75, 3.05) is 39.8 Å². The van der Waals surface area contributed by atoms with Gasteiger partial charge >= 0.3 is 0 Å². The number of hydrogen-bond acceptors (Lipinski definition) is 4. The number of fused-ring (bicyclic) bond motifs is 1. The molecule has 2 aliphatic heterocycles. The van der Waals surface area contributed by atoms with Gasteiger partial charge in [-0.1, -0.05) is 36.4 Å². The maximum Gasteiger partial charge on any atom is 0.150 e. The van der Waals surface area contributed by atoms with E-state index in [1.165, 1.54) is 12.1 Å². The first-order valence-corrected chi connectivity index (χ1v) is 12.2. The molecule has 6 heteroatoms. The minimum Gasteiger partial charge on any atom is -0.508 e. The van der Waals surface area contributed by atoms with Crippen molar-refractivity contribution < 1.29 is 18.6 Å². The van der Waals surface area contributed by atoms with Gasteiger partial charge in [-0.2, -0.15) is 0 Å². The van der Waals surface area contributed by atoms with Crippen LogP contribution in [0.3, 0.4) is 0 Å². The molecule has 186 valence electrons. The molecule has 1 unspecified atom stereocenters. The van der Waals surface area contributed by atoms with Crippen LogP contribution in [0.4, 0.5) is 8.78 Å². The number of ether oxygens (including phenoxy) is 1. The van der Waals surface area contributed by atoms with Crippen LogP contribution in [0.25, 0.3) is 17.2 Å². The van der Waals surface area contributed by atoms with E-state index in [0.717, 1.165) is 55.5 Å². The zero-order valence-corrected chi connectivity index (χ0v) is 20.5. The van der Waals surface area contributed by atoms with Gasteiger partial charge in [0.2, 0.25) is 0 Å². The van der Waals surface area contributed by atoms with E-state index in [-0.39, 0.29) is 5.75 Å². The van der Waals surface area contributed by atoms with Crippen LogP contribution in [0.5, 0.6) is 11.5 Å². The Morgan fingerprint density at radius 1 is 0.944 bits per heavy atom. The van der Waals surface area contributed by atoms with Gasteiger partial charge in [0.05, 0.1) is 0 Å². The van der Waals surface area contributed by atoms with Crippen LogP contribution in [0.1, 0.15) is 35.3 Å². The third-order valence-electron chi connectivity index (χ3n) is 6.96. The molecule has 5 rings (SSSR count). The first-order valence-electron chi connectivity index (χ1n) is 12.2. The van der Waals surface area contributed by atoms with Crippen molar-refractivity contribution in [2.45, 2.75) is 13.0 Å². The molecule has 36 heavy (non-hydrogen) atoms. The summed E-state index contributed by atoms with van der Waals surface area (Å²) in [6.07, 6.45) is 3.75. The van der Waals surface area contributed by atoms with Gasteiger partial charge in [-0.25, -0.2) is 8.78 Å². The molecule has 0 aliphatic carbocycles. The molecule has 1 fully saturated rings. The Balaban J connectivity index is 1.43. The normalized spacial score (nSPS) is 18.9. The lowest BCUT2D eigenvalue weighted by Crippen LogP contribution is -2.44. The SMILES string of the molecule is CC1=C(c2cc(F)cc(F)c2)C(c2ccc(/C=C\CN3CCN(C)CC3)cc2)Oc2ccc(O)cc21. The summed E-state index contributed by atoms with van der Waals surface area (Å²) >= 11 is 0. The van der Waals surface area contributed by atoms with Gasteiger partial charge < -0.3 is 14.7 Å². The molecule has 1 atom stereocenters. The van der Waals surface area contributed by atoms with Gasteiger partial charge in [0.1, 0.15) is 29.2 Å². The highest BCUT2D eigenvalue weighted by Crippen LogP contribution is 2.47. The van der Waals surface area contributed by atoms with Crippen LogP contribution in [0.15, 0.2) is 66.7 Å². The predicted molar refractivity (Wildman–Crippen MR) is 140 cm³/mol. The third-order valence-corrected chi connectivity index (χ3v) is 6.96. The van der Waals surface area contributed by atoms with E-state index in [1.807, 2.05) is 31.2 Å². The number of nitrogens with zero attached hydrogens (tertiary/aromatic N) is 2. The zero-order valence-electron chi connectivity index (χ0n) is 20.5. The van der Waals surface area contributed by atoms with Gasteiger partial charge in [-0.3, -0.25) is 4.90 Å². The quantitative estimate of drug-likeness (QED) is 0.478. The van der Waals surface area contributed by atoms with E-state index in [1.54, 1.807) is 18.2 Å². The van der Waals surface area contributed by atoms with Crippen molar-refractivity contribution in [1.82, 2.24) is 9.80 Å². The lowest BCUT2D eigenvalue weighted by molar-refractivity contribution is 0.167. The van der Waals surface area contributed by atoms with Crippen molar-refractivity contribution in [3.05, 3.63) is 101 Å². The van der Waals surface area contributed by atoms with Gasteiger partial charge in [0.15, 0.2) is 0 Å². The van der Waals surface area contributed by atoms with Crippen molar-refractivity contribution in [1.29, 1.82) is 0 Å². The monoisotopic (exact) mass is 488 g/mol. The van der Waals surface area contributed by atoms with Crippen LogP contribution in [-0.4, -0.2) is 54.7 Å². The molecule has 1 N–H and O–H groups in total. The molecular weight excluding hydrogens is 458 g/mol. The number of aromatic hydroxyl groups is 1. The highest BCUT2D eigenvalue weighted by molar-refractivity contribution is 5.95. The van der Waals surface area contributed by atoms with E-state index in [9.17, 15) is 13.9 Å². The van der Waals surface area contributed by atoms with E-state index < -0.39 is 17.7 Å². The first kappa shape index (κ1) is 24.2.